The number of benzene rings is 3. The van der Waals surface area contributed by atoms with Crippen molar-refractivity contribution < 1.29 is 23.9 Å². The summed E-state index contributed by atoms with van der Waals surface area (Å²) in [7, 11) is 0. The number of aryl methyl sites for hydroxylation is 3. The Balaban J connectivity index is 1.29. The molecule has 0 bridgehead atoms. The van der Waals surface area contributed by atoms with Gasteiger partial charge in [0.25, 0.3) is 0 Å². The number of rotatable bonds is 6. The van der Waals surface area contributed by atoms with E-state index in [0.29, 0.717) is 28.2 Å². The number of fused-ring (bicyclic) bond motifs is 2. The maximum atomic E-state index is 11.4. The monoisotopic (exact) mass is 501 g/mol. The Bertz CT molecular complexity index is 1470. The molecule has 1 N–H and O–H groups in total. The number of ether oxygens (including phenoxy) is 2. The highest BCUT2D eigenvalue weighted by Gasteiger charge is 2.33. The van der Waals surface area contributed by atoms with Crippen molar-refractivity contribution in [2.24, 2.45) is 0 Å². The van der Waals surface area contributed by atoms with Crippen LogP contribution in [0, 0.1) is 6.92 Å². The van der Waals surface area contributed by atoms with Crippen molar-refractivity contribution in [3.8, 4) is 28.5 Å². The van der Waals surface area contributed by atoms with Crippen molar-refractivity contribution in [1.29, 1.82) is 0 Å². The second kappa shape index (κ2) is 9.03. The molecule has 6 nitrogen and oxygen atoms in total. The van der Waals surface area contributed by atoms with Crippen molar-refractivity contribution in [3.63, 3.8) is 0 Å². The van der Waals surface area contributed by atoms with Crippen LogP contribution in [-0.2, 0) is 19.4 Å². The number of hydrogen-bond acceptors (Lipinski definition) is 5. The summed E-state index contributed by atoms with van der Waals surface area (Å²) < 4.78 is 18.2. The van der Waals surface area contributed by atoms with Crippen molar-refractivity contribution in [1.82, 2.24) is 5.16 Å². The van der Waals surface area contributed by atoms with Gasteiger partial charge in [-0.2, -0.15) is 0 Å². The zero-order chi connectivity index (χ0) is 24.8. The van der Waals surface area contributed by atoms with Gasteiger partial charge in [-0.25, -0.2) is 4.79 Å². The van der Waals surface area contributed by atoms with Crippen LogP contribution in [0.1, 0.15) is 57.1 Å². The van der Waals surface area contributed by atoms with Crippen molar-refractivity contribution >= 4 is 17.6 Å². The summed E-state index contributed by atoms with van der Waals surface area (Å²) in [6, 6.07) is 16.6. The molecular weight excluding hydrogens is 478 g/mol. The second-order valence-electron chi connectivity index (χ2n) is 9.37. The first-order chi connectivity index (χ1) is 17.5. The van der Waals surface area contributed by atoms with Crippen molar-refractivity contribution in [2.75, 3.05) is 0 Å². The first kappa shape index (κ1) is 22.7. The zero-order valence-corrected chi connectivity index (χ0v) is 20.5. The van der Waals surface area contributed by atoms with E-state index >= 15 is 0 Å². The summed E-state index contributed by atoms with van der Waals surface area (Å²) in [4.78, 5) is 11.4. The molecule has 7 heteroatoms. The van der Waals surface area contributed by atoms with E-state index < -0.39 is 5.97 Å². The molecule has 1 fully saturated rings. The van der Waals surface area contributed by atoms with Crippen LogP contribution in [0.25, 0.3) is 11.3 Å². The van der Waals surface area contributed by atoms with Gasteiger partial charge in [0.1, 0.15) is 35.3 Å². The third-order valence-electron chi connectivity index (χ3n) is 6.84. The number of aromatic carboxylic acids is 1. The Morgan fingerprint density at radius 3 is 2.56 bits per heavy atom. The lowest BCUT2D eigenvalue weighted by molar-refractivity contribution is 0.0696. The van der Waals surface area contributed by atoms with Crippen LogP contribution in [-0.4, -0.2) is 16.2 Å². The Morgan fingerprint density at radius 2 is 1.83 bits per heavy atom. The lowest BCUT2D eigenvalue weighted by Crippen LogP contribution is -2.01. The average Bonchev–Trinajstić information content (AvgIpc) is 3.65. The quantitative estimate of drug-likeness (QED) is 0.297. The molecule has 2 aliphatic rings. The molecule has 4 aromatic rings. The fraction of sp³-hybridized carbons (Fsp3) is 0.241. The normalized spacial score (nSPS) is 14.4. The van der Waals surface area contributed by atoms with Crippen LogP contribution in [0.4, 0.5) is 0 Å². The minimum Gasteiger partial charge on any atom is -0.489 e. The number of carboxylic acid groups (broad SMARTS) is 1. The van der Waals surface area contributed by atoms with Crippen LogP contribution in [0.15, 0.2) is 59.1 Å². The highest BCUT2D eigenvalue weighted by atomic mass is 35.5. The molecule has 0 amide bonds. The van der Waals surface area contributed by atoms with Gasteiger partial charge in [0.15, 0.2) is 0 Å². The Morgan fingerprint density at radius 1 is 1.08 bits per heavy atom. The number of halogens is 1. The lowest BCUT2D eigenvalue weighted by Gasteiger charge is -2.13. The number of carbonyl (C=O) groups is 1. The largest absolute Gasteiger partial charge is 0.489 e. The summed E-state index contributed by atoms with van der Waals surface area (Å²) in [5.74, 6) is 2.14. The summed E-state index contributed by atoms with van der Waals surface area (Å²) >= 11 is 6.55. The Labute approximate surface area is 213 Å². The van der Waals surface area contributed by atoms with Gasteiger partial charge < -0.3 is 19.1 Å². The van der Waals surface area contributed by atoms with Crippen LogP contribution in [0.5, 0.6) is 17.2 Å². The van der Waals surface area contributed by atoms with E-state index in [2.05, 4.69) is 5.16 Å². The first-order valence-electron chi connectivity index (χ1n) is 12.0. The van der Waals surface area contributed by atoms with E-state index in [4.69, 9.17) is 25.6 Å². The zero-order valence-electron chi connectivity index (χ0n) is 19.7. The summed E-state index contributed by atoms with van der Waals surface area (Å²) in [5, 5.41) is 14.4. The maximum Gasteiger partial charge on any atom is 0.335 e. The Hall–Kier alpha value is -3.77. The van der Waals surface area contributed by atoms with Gasteiger partial charge in [-0.15, -0.1) is 0 Å². The predicted octanol–water partition coefficient (Wildman–Crippen LogP) is 7.35. The topological polar surface area (TPSA) is 81.8 Å². The minimum absolute atomic E-state index is 0.201. The van der Waals surface area contributed by atoms with E-state index in [0.717, 1.165) is 65.0 Å². The van der Waals surface area contributed by atoms with Gasteiger partial charge in [-0.05, 0) is 73.6 Å². The molecule has 1 aliphatic heterocycles. The molecule has 0 saturated heterocycles. The molecule has 0 radical (unpaired) electrons. The molecule has 2 heterocycles. The number of hydrogen-bond donors (Lipinski definition) is 1. The van der Waals surface area contributed by atoms with E-state index in [9.17, 15) is 9.90 Å². The van der Waals surface area contributed by atoms with E-state index in [1.165, 1.54) is 0 Å². The molecule has 0 unspecified atom stereocenters. The van der Waals surface area contributed by atoms with E-state index in [1.54, 1.807) is 12.1 Å². The minimum atomic E-state index is -0.979. The van der Waals surface area contributed by atoms with Crippen LogP contribution in [0.2, 0.25) is 5.02 Å². The lowest BCUT2D eigenvalue weighted by atomic mass is 10.0. The van der Waals surface area contributed by atoms with E-state index in [1.807, 2.05) is 49.4 Å². The summed E-state index contributed by atoms with van der Waals surface area (Å²) in [5.41, 5.74) is 5.76. The molecule has 1 aliphatic carbocycles. The van der Waals surface area contributed by atoms with Crippen molar-refractivity contribution in [2.45, 2.75) is 45.1 Å². The standard InChI is InChI=1S/C29H24ClNO5/c1-16-3-2-4-23(30)26(16)27-22(28(36-31-27)19-8-9-19)15-34-21-12-11-18-6-5-17-7-10-20(29(32)33)13-24(17)35-25(18)14-21/h2-4,7,10-14,19H,5-6,8-9,15H2,1H3,(H,32,33). The predicted molar refractivity (Wildman–Crippen MR) is 135 cm³/mol. The van der Waals surface area contributed by atoms with Crippen molar-refractivity contribution in [3.05, 3.63) is 93.2 Å². The highest BCUT2D eigenvalue weighted by Crippen LogP contribution is 2.45. The van der Waals surface area contributed by atoms with Gasteiger partial charge in [0, 0.05) is 17.5 Å². The molecular formula is C29H24ClNO5. The average molecular weight is 502 g/mol. The number of carboxylic acids is 1. The number of aromatic nitrogens is 1. The highest BCUT2D eigenvalue weighted by molar-refractivity contribution is 6.33. The molecule has 1 aromatic heterocycles. The molecule has 6 rings (SSSR count). The van der Waals surface area contributed by atoms with Gasteiger partial charge in [0.2, 0.25) is 0 Å². The summed E-state index contributed by atoms with van der Waals surface area (Å²) in [6.45, 7) is 2.29. The third kappa shape index (κ3) is 4.22. The molecule has 1 saturated carbocycles. The molecule has 0 atom stereocenters. The Kier molecular flexibility index (Phi) is 5.69. The third-order valence-corrected chi connectivity index (χ3v) is 7.16. The molecule has 182 valence electrons. The SMILES string of the molecule is Cc1cccc(Cl)c1-c1noc(C2CC2)c1COc1ccc2c(c1)Oc1cc(C(=O)O)ccc1CC2. The van der Waals surface area contributed by atoms with E-state index in [-0.39, 0.29) is 12.2 Å². The smallest absolute Gasteiger partial charge is 0.335 e. The van der Waals surface area contributed by atoms with Crippen LogP contribution >= 0.6 is 11.6 Å². The van der Waals surface area contributed by atoms with Gasteiger partial charge >= 0.3 is 5.97 Å². The molecule has 0 spiro atoms. The number of nitrogens with zero attached hydrogens (tertiary/aromatic N) is 1. The summed E-state index contributed by atoms with van der Waals surface area (Å²) in [6.07, 6.45) is 3.72. The first-order valence-corrected chi connectivity index (χ1v) is 12.4. The maximum absolute atomic E-state index is 11.4. The fourth-order valence-corrected chi connectivity index (χ4v) is 5.03. The van der Waals surface area contributed by atoms with Crippen LogP contribution < -0.4 is 9.47 Å². The van der Waals surface area contributed by atoms with Gasteiger partial charge in [-0.3, -0.25) is 0 Å². The van der Waals surface area contributed by atoms with Crippen LogP contribution in [0.3, 0.4) is 0 Å². The van der Waals surface area contributed by atoms with Gasteiger partial charge in [0.05, 0.1) is 16.1 Å². The fourth-order valence-electron chi connectivity index (χ4n) is 4.71. The second-order valence-corrected chi connectivity index (χ2v) is 9.78. The van der Waals surface area contributed by atoms with Gasteiger partial charge in [-0.1, -0.05) is 41.0 Å². The molecule has 36 heavy (non-hydrogen) atoms. The molecule has 3 aromatic carbocycles.